The molecule has 1 aliphatic rings. The van der Waals surface area contributed by atoms with Gasteiger partial charge in [0, 0.05) is 17.0 Å². The molecular formula is C12H18N2O2S. The summed E-state index contributed by atoms with van der Waals surface area (Å²) in [7, 11) is 0. The van der Waals surface area contributed by atoms with Crippen molar-refractivity contribution in [2.24, 2.45) is 0 Å². The maximum Gasteiger partial charge on any atom is 0.320 e. The molecule has 0 saturated carbocycles. The van der Waals surface area contributed by atoms with Crippen molar-refractivity contribution in [3.63, 3.8) is 0 Å². The molecular weight excluding hydrogens is 236 g/mol. The van der Waals surface area contributed by atoms with E-state index in [9.17, 15) is 4.79 Å². The molecule has 1 fully saturated rings. The van der Waals surface area contributed by atoms with Crippen LogP contribution in [0.25, 0.3) is 0 Å². The number of carbonyl (C=O) groups is 1. The number of nitrogens with zero attached hydrogens (tertiary/aromatic N) is 2. The molecule has 1 aliphatic heterocycles. The molecule has 94 valence electrons. The third-order valence-electron chi connectivity index (χ3n) is 3.42. The fourth-order valence-electron chi connectivity index (χ4n) is 2.25. The SMILES string of the molecule is Cc1csc(C2CCN([C@H](C)C(=O)O)CC2)n1. The lowest BCUT2D eigenvalue weighted by atomic mass is 9.96. The highest BCUT2D eigenvalue weighted by Gasteiger charge is 2.27. The predicted molar refractivity (Wildman–Crippen MR) is 67.5 cm³/mol. The smallest absolute Gasteiger partial charge is 0.320 e. The summed E-state index contributed by atoms with van der Waals surface area (Å²) in [5.41, 5.74) is 1.09. The molecule has 1 atom stereocenters. The average Bonchev–Trinajstić information content (AvgIpc) is 2.75. The quantitative estimate of drug-likeness (QED) is 0.897. The van der Waals surface area contributed by atoms with Gasteiger partial charge in [0.2, 0.25) is 0 Å². The number of aryl methyl sites for hydroxylation is 1. The van der Waals surface area contributed by atoms with Crippen LogP contribution in [-0.4, -0.2) is 40.1 Å². The Morgan fingerprint density at radius 1 is 1.59 bits per heavy atom. The van der Waals surface area contributed by atoms with Gasteiger partial charge in [-0.05, 0) is 39.8 Å². The van der Waals surface area contributed by atoms with Crippen LogP contribution in [0.15, 0.2) is 5.38 Å². The Balaban J connectivity index is 1.92. The summed E-state index contributed by atoms with van der Waals surface area (Å²) in [6.07, 6.45) is 2.04. The molecule has 0 aromatic carbocycles. The highest BCUT2D eigenvalue weighted by atomic mass is 32.1. The summed E-state index contributed by atoms with van der Waals surface area (Å²) < 4.78 is 0. The standard InChI is InChI=1S/C12H18N2O2S/c1-8-7-17-11(13-8)10-3-5-14(6-4-10)9(2)12(15)16/h7,9-10H,3-6H2,1-2H3,(H,15,16)/t9-/m1/s1. The maximum absolute atomic E-state index is 10.9. The minimum atomic E-state index is -0.728. The van der Waals surface area contributed by atoms with Gasteiger partial charge in [-0.1, -0.05) is 0 Å². The van der Waals surface area contributed by atoms with Gasteiger partial charge in [-0.3, -0.25) is 9.69 Å². The summed E-state index contributed by atoms with van der Waals surface area (Å²) in [5, 5.41) is 12.3. The van der Waals surface area contributed by atoms with E-state index in [1.54, 1.807) is 18.3 Å². The Hall–Kier alpha value is -0.940. The molecule has 4 nitrogen and oxygen atoms in total. The van der Waals surface area contributed by atoms with Gasteiger partial charge >= 0.3 is 5.97 Å². The Morgan fingerprint density at radius 3 is 2.71 bits per heavy atom. The van der Waals surface area contributed by atoms with Gasteiger partial charge in [-0.2, -0.15) is 0 Å². The normalized spacial score (nSPS) is 20.4. The molecule has 17 heavy (non-hydrogen) atoms. The fourth-order valence-corrected chi connectivity index (χ4v) is 3.22. The number of hydrogen-bond donors (Lipinski definition) is 1. The number of carboxylic acid groups (broad SMARTS) is 1. The third kappa shape index (κ3) is 2.84. The molecule has 1 aromatic rings. The van der Waals surface area contributed by atoms with E-state index in [0.717, 1.165) is 31.6 Å². The van der Waals surface area contributed by atoms with E-state index in [2.05, 4.69) is 10.4 Å². The number of thiazole rings is 1. The van der Waals surface area contributed by atoms with Crippen molar-refractivity contribution < 1.29 is 9.90 Å². The minimum absolute atomic E-state index is 0.367. The molecule has 0 radical (unpaired) electrons. The van der Waals surface area contributed by atoms with Crippen molar-refractivity contribution in [1.29, 1.82) is 0 Å². The van der Waals surface area contributed by atoms with Crippen LogP contribution in [0.4, 0.5) is 0 Å². The van der Waals surface area contributed by atoms with Crippen LogP contribution in [0.5, 0.6) is 0 Å². The van der Waals surface area contributed by atoms with Crippen LogP contribution in [-0.2, 0) is 4.79 Å². The van der Waals surface area contributed by atoms with Crippen LogP contribution >= 0.6 is 11.3 Å². The minimum Gasteiger partial charge on any atom is -0.480 e. The molecule has 5 heteroatoms. The van der Waals surface area contributed by atoms with Crippen molar-refractivity contribution in [3.05, 3.63) is 16.1 Å². The molecule has 1 saturated heterocycles. The number of aromatic nitrogens is 1. The average molecular weight is 254 g/mol. The van der Waals surface area contributed by atoms with Gasteiger partial charge in [0.1, 0.15) is 6.04 Å². The Bertz CT molecular complexity index is 397. The van der Waals surface area contributed by atoms with E-state index in [-0.39, 0.29) is 6.04 Å². The number of piperidine rings is 1. The van der Waals surface area contributed by atoms with E-state index >= 15 is 0 Å². The van der Waals surface area contributed by atoms with Gasteiger partial charge in [0.25, 0.3) is 0 Å². The van der Waals surface area contributed by atoms with E-state index in [4.69, 9.17) is 5.11 Å². The van der Waals surface area contributed by atoms with Crippen LogP contribution in [0.3, 0.4) is 0 Å². The third-order valence-corrected chi connectivity index (χ3v) is 4.55. The zero-order chi connectivity index (χ0) is 12.4. The molecule has 0 aliphatic carbocycles. The maximum atomic E-state index is 10.9. The molecule has 1 N–H and O–H groups in total. The first-order chi connectivity index (χ1) is 8.08. The molecule has 0 bridgehead atoms. The van der Waals surface area contributed by atoms with Crippen LogP contribution in [0.2, 0.25) is 0 Å². The van der Waals surface area contributed by atoms with Crippen LogP contribution in [0.1, 0.15) is 36.4 Å². The number of carboxylic acids is 1. The molecule has 2 rings (SSSR count). The van der Waals surface area contributed by atoms with Crippen molar-refractivity contribution in [2.75, 3.05) is 13.1 Å². The van der Waals surface area contributed by atoms with E-state index < -0.39 is 5.97 Å². The van der Waals surface area contributed by atoms with E-state index in [1.165, 1.54) is 5.01 Å². The second kappa shape index (κ2) is 5.14. The number of aliphatic carboxylic acids is 1. The highest BCUT2D eigenvalue weighted by Crippen LogP contribution is 2.30. The zero-order valence-electron chi connectivity index (χ0n) is 10.2. The lowest BCUT2D eigenvalue weighted by Gasteiger charge is -2.33. The van der Waals surface area contributed by atoms with Crippen molar-refractivity contribution in [2.45, 2.75) is 38.6 Å². The first kappa shape index (κ1) is 12.5. The summed E-state index contributed by atoms with van der Waals surface area (Å²) in [4.78, 5) is 17.5. The van der Waals surface area contributed by atoms with E-state index in [1.807, 2.05) is 11.8 Å². The Morgan fingerprint density at radius 2 is 2.24 bits per heavy atom. The van der Waals surface area contributed by atoms with Crippen LogP contribution in [0, 0.1) is 6.92 Å². The van der Waals surface area contributed by atoms with Crippen molar-refractivity contribution in [1.82, 2.24) is 9.88 Å². The summed E-state index contributed by atoms with van der Waals surface area (Å²) >= 11 is 1.73. The van der Waals surface area contributed by atoms with Crippen molar-refractivity contribution in [3.8, 4) is 0 Å². The Kier molecular flexibility index (Phi) is 3.79. The Labute approximate surface area is 105 Å². The molecule has 0 amide bonds. The van der Waals surface area contributed by atoms with Gasteiger partial charge in [0.05, 0.1) is 5.01 Å². The van der Waals surface area contributed by atoms with Crippen molar-refractivity contribution >= 4 is 17.3 Å². The van der Waals surface area contributed by atoms with Gasteiger partial charge < -0.3 is 5.11 Å². The molecule has 1 aromatic heterocycles. The summed E-state index contributed by atoms with van der Waals surface area (Å²) in [6.45, 7) is 5.49. The van der Waals surface area contributed by atoms with Crippen LogP contribution < -0.4 is 0 Å². The second-order valence-electron chi connectivity index (χ2n) is 4.65. The first-order valence-electron chi connectivity index (χ1n) is 5.97. The summed E-state index contributed by atoms with van der Waals surface area (Å²) in [5.74, 6) is -0.209. The van der Waals surface area contributed by atoms with Gasteiger partial charge in [-0.25, -0.2) is 4.98 Å². The number of hydrogen-bond acceptors (Lipinski definition) is 4. The topological polar surface area (TPSA) is 53.4 Å². The van der Waals surface area contributed by atoms with E-state index in [0.29, 0.717) is 5.92 Å². The highest BCUT2D eigenvalue weighted by molar-refractivity contribution is 7.09. The second-order valence-corrected chi connectivity index (χ2v) is 5.54. The largest absolute Gasteiger partial charge is 0.480 e. The monoisotopic (exact) mass is 254 g/mol. The zero-order valence-corrected chi connectivity index (χ0v) is 11.0. The lowest BCUT2D eigenvalue weighted by molar-refractivity contribution is -0.143. The fraction of sp³-hybridized carbons (Fsp3) is 0.667. The summed E-state index contributed by atoms with van der Waals surface area (Å²) in [6, 6.07) is -0.367. The first-order valence-corrected chi connectivity index (χ1v) is 6.84. The molecule has 2 heterocycles. The predicted octanol–water partition coefficient (Wildman–Crippen LogP) is 2.10. The molecule has 0 unspecified atom stereocenters. The van der Waals surface area contributed by atoms with Gasteiger partial charge in [-0.15, -0.1) is 11.3 Å². The number of rotatable bonds is 3. The van der Waals surface area contributed by atoms with Gasteiger partial charge in [0.15, 0.2) is 0 Å². The molecule has 0 spiro atoms. The lowest BCUT2D eigenvalue weighted by Crippen LogP contribution is -2.43. The number of likely N-dealkylation sites (tertiary alicyclic amines) is 1.